The van der Waals surface area contributed by atoms with Crippen LogP contribution in [-0.4, -0.2) is 35.2 Å². The van der Waals surface area contributed by atoms with Crippen LogP contribution in [0.25, 0.3) is 10.9 Å². The van der Waals surface area contributed by atoms with Gasteiger partial charge in [-0.2, -0.15) is 0 Å². The number of aromatic nitrogens is 1. The summed E-state index contributed by atoms with van der Waals surface area (Å²) in [5.74, 6) is 0. The second-order valence-electron chi connectivity index (χ2n) is 5.54. The predicted molar refractivity (Wildman–Crippen MR) is 71.6 cm³/mol. The minimum absolute atomic E-state index is 0.616. The number of benzene rings is 1. The molecule has 1 fully saturated rings. The van der Waals surface area contributed by atoms with Crippen molar-refractivity contribution < 1.29 is 4.74 Å². The Morgan fingerprint density at radius 3 is 2.89 bits per heavy atom. The van der Waals surface area contributed by atoms with Gasteiger partial charge in [0.1, 0.15) is 0 Å². The van der Waals surface area contributed by atoms with Crippen molar-refractivity contribution in [2.45, 2.75) is 32.0 Å². The van der Waals surface area contributed by atoms with Crippen LogP contribution in [0.1, 0.15) is 18.2 Å². The molecule has 2 aliphatic rings. The van der Waals surface area contributed by atoms with Gasteiger partial charge in [-0.05, 0) is 25.0 Å². The van der Waals surface area contributed by atoms with Gasteiger partial charge >= 0.3 is 0 Å². The number of aromatic amines is 1. The van der Waals surface area contributed by atoms with E-state index < -0.39 is 0 Å². The number of nitrogens with one attached hydrogen (secondary N) is 1. The Morgan fingerprint density at radius 2 is 2.11 bits per heavy atom. The molecule has 0 bridgehead atoms. The van der Waals surface area contributed by atoms with Gasteiger partial charge < -0.3 is 9.72 Å². The maximum Gasteiger partial charge on any atom is 0.0645 e. The van der Waals surface area contributed by atoms with Gasteiger partial charge in [0.25, 0.3) is 0 Å². The van der Waals surface area contributed by atoms with Crippen molar-refractivity contribution in [3.8, 4) is 0 Å². The van der Waals surface area contributed by atoms with Crippen molar-refractivity contribution in [1.82, 2.24) is 9.88 Å². The quantitative estimate of drug-likeness (QED) is 0.831. The molecule has 1 N–H and O–H groups in total. The highest BCUT2D eigenvalue weighted by molar-refractivity contribution is 5.84. The zero-order chi connectivity index (χ0) is 12.1. The molecule has 2 aromatic rings. The van der Waals surface area contributed by atoms with E-state index in [1.165, 1.54) is 22.2 Å². The van der Waals surface area contributed by atoms with Crippen molar-refractivity contribution in [3.63, 3.8) is 0 Å². The van der Waals surface area contributed by atoms with Crippen LogP contribution in [0.15, 0.2) is 24.3 Å². The summed E-state index contributed by atoms with van der Waals surface area (Å²) in [6.07, 6.45) is 1.15. The Balaban J connectivity index is 1.76. The van der Waals surface area contributed by atoms with Gasteiger partial charge in [-0.15, -0.1) is 0 Å². The molecule has 1 saturated heterocycles. The molecule has 2 aliphatic heterocycles. The van der Waals surface area contributed by atoms with Crippen LogP contribution in [0.2, 0.25) is 0 Å². The van der Waals surface area contributed by atoms with E-state index in [9.17, 15) is 0 Å². The SMILES string of the molecule is CC1Cc2c([nH]c3ccccc23)CN1C1COC1. The molecule has 1 unspecified atom stereocenters. The van der Waals surface area contributed by atoms with E-state index >= 15 is 0 Å². The molecule has 1 atom stereocenters. The lowest BCUT2D eigenvalue weighted by Gasteiger charge is -2.43. The monoisotopic (exact) mass is 242 g/mol. The summed E-state index contributed by atoms with van der Waals surface area (Å²) in [4.78, 5) is 6.17. The number of hydrogen-bond acceptors (Lipinski definition) is 2. The summed E-state index contributed by atoms with van der Waals surface area (Å²) in [7, 11) is 0. The molecule has 0 radical (unpaired) electrons. The first-order valence-corrected chi connectivity index (χ1v) is 6.75. The first kappa shape index (κ1) is 10.6. The smallest absolute Gasteiger partial charge is 0.0645 e. The maximum atomic E-state index is 5.33. The fourth-order valence-corrected chi connectivity index (χ4v) is 3.28. The lowest BCUT2D eigenvalue weighted by molar-refractivity contribution is -0.0835. The number of hydrogen-bond donors (Lipinski definition) is 1. The van der Waals surface area contributed by atoms with Crippen molar-refractivity contribution in [3.05, 3.63) is 35.5 Å². The van der Waals surface area contributed by atoms with E-state index in [1.54, 1.807) is 0 Å². The Hall–Kier alpha value is -1.32. The molecule has 1 aromatic carbocycles. The van der Waals surface area contributed by atoms with E-state index in [2.05, 4.69) is 41.1 Å². The van der Waals surface area contributed by atoms with Crippen molar-refractivity contribution in [2.75, 3.05) is 13.2 Å². The molecular weight excluding hydrogens is 224 g/mol. The van der Waals surface area contributed by atoms with Crippen LogP contribution in [-0.2, 0) is 17.7 Å². The maximum absolute atomic E-state index is 5.33. The van der Waals surface area contributed by atoms with E-state index in [4.69, 9.17) is 4.74 Å². The number of fused-ring (bicyclic) bond motifs is 3. The van der Waals surface area contributed by atoms with Gasteiger partial charge in [0.2, 0.25) is 0 Å². The van der Waals surface area contributed by atoms with Gasteiger partial charge in [-0.25, -0.2) is 0 Å². The van der Waals surface area contributed by atoms with E-state index in [1.807, 2.05) is 0 Å². The number of para-hydroxylation sites is 1. The summed E-state index contributed by atoms with van der Waals surface area (Å²) in [5.41, 5.74) is 4.21. The topological polar surface area (TPSA) is 28.3 Å². The van der Waals surface area contributed by atoms with Crippen LogP contribution < -0.4 is 0 Å². The van der Waals surface area contributed by atoms with Gasteiger partial charge in [-0.1, -0.05) is 18.2 Å². The molecule has 1 aromatic heterocycles. The molecule has 3 nitrogen and oxygen atoms in total. The number of ether oxygens (including phenoxy) is 1. The first-order chi connectivity index (χ1) is 8.83. The Labute approximate surface area is 107 Å². The summed E-state index contributed by atoms with van der Waals surface area (Å²) < 4.78 is 5.33. The lowest BCUT2D eigenvalue weighted by atomic mass is 9.96. The molecule has 4 rings (SSSR count). The molecule has 18 heavy (non-hydrogen) atoms. The second kappa shape index (κ2) is 3.84. The van der Waals surface area contributed by atoms with Gasteiger partial charge in [-0.3, -0.25) is 4.90 Å². The van der Waals surface area contributed by atoms with Crippen molar-refractivity contribution >= 4 is 10.9 Å². The molecule has 0 spiro atoms. The molecule has 94 valence electrons. The van der Waals surface area contributed by atoms with Crippen LogP contribution >= 0.6 is 0 Å². The third-order valence-corrected chi connectivity index (χ3v) is 4.40. The molecular formula is C15H18N2O. The normalized spacial score (nSPS) is 25.1. The summed E-state index contributed by atoms with van der Waals surface area (Å²) in [6.45, 7) is 5.18. The fourth-order valence-electron chi connectivity index (χ4n) is 3.28. The highest BCUT2D eigenvalue weighted by atomic mass is 16.5. The summed E-state index contributed by atoms with van der Waals surface area (Å²) in [6, 6.07) is 9.89. The molecule has 0 saturated carbocycles. The van der Waals surface area contributed by atoms with E-state index in [0.717, 1.165) is 26.2 Å². The average Bonchev–Trinajstić information content (AvgIpc) is 2.65. The molecule has 0 amide bonds. The largest absolute Gasteiger partial charge is 0.378 e. The van der Waals surface area contributed by atoms with Crippen molar-refractivity contribution in [1.29, 1.82) is 0 Å². The second-order valence-corrected chi connectivity index (χ2v) is 5.54. The fraction of sp³-hybridized carbons (Fsp3) is 0.467. The molecule has 3 heteroatoms. The highest BCUT2D eigenvalue weighted by Crippen LogP contribution is 2.32. The van der Waals surface area contributed by atoms with Crippen molar-refractivity contribution in [2.24, 2.45) is 0 Å². The Kier molecular flexibility index (Phi) is 2.26. The van der Waals surface area contributed by atoms with Crippen LogP contribution in [0.3, 0.4) is 0 Å². The van der Waals surface area contributed by atoms with E-state index in [0.29, 0.717) is 12.1 Å². The predicted octanol–water partition coefficient (Wildman–Crippen LogP) is 2.31. The highest BCUT2D eigenvalue weighted by Gasteiger charge is 2.34. The first-order valence-electron chi connectivity index (χ1n) is 6.75. The average molecular weight is 242 g/mol. The van der Waals surface area contributed by atoms with Crippen LogP contribution in [0.5, 0.6) is 0 Å². The van der Waals surface area contributed by atoms with Gasteiger partial charge in [0.15, 0.2) is 0 Å². The van der Waals surface area contributed by atoms with Crippen LogP contribution in [0, 0.1) is 0 Å². The number of rotatable bonds is 1. The number of nitrogens with zero attached hydrogens (tertiary/aromatic N) is 1. The third-order valence-electron chi connectivity index (χ3n) is 4.40. The standard InChI is InChI=1S/C15H18N2O/c1-10-6-13-12-4-2-3-5-14(12)16-15(13)7-17(10)11-8-18-9-11/h2-5,10-11,16H,6-9H2,1H3. The van der Waals surface area contributed by atoms with Crippen LogP contribution in [0.4, 0.5) is 0 Å². The zero-order valence-corrected chi connectivity index (χ0v) is 10.6. The minimum Gasteiger partial charge on any atom is -0.378 e. The Morgan fingerprint density at radius 1 is 1.28 bits per heavy atom. The minimum atomic E-state index is 0.616. The zero-order valence-electron chi connectivity index (χ0n) is 10.6. The van der Waals surface area contributed by atoms with Gasteiger partial charge in [0.05, 0.1) is 19.3 Å². The summed E-state index contributed by atoms with van der Waals surface area (Å²) in [5, 5.41) is 1.41. The number of H-pyrrole nitrogens is 1. The lowest BCUT2D eigenvalue weighted by Crippen LogP contribution is -2.54. The molecule has 3 heterocycles. The van der Waals surface area contributed by atoms with E-state index in [-0.39, 0.29) is 0 Å². The molecule has 0 aliphatic carbocycles. The van der Waals surface area contributed by atoms with Gasteiger partial charge in [0, 0.05) is 29.2 Å². The Bertz CT molecular complexity index is 585. The third kappa shape index (κ3) is 1.44. The summed E-state index contributed by atoms with van der Waals surface area (Å²) >= 11 is 0.